The number of benzene rings is 1. The summed E-state index contributed by atoms with van der Waals surface area (Å²) >= 11 is 0. The van der Waals surface area contributed by atoms with E-state index in [-0.39, 0.29) is 12.1 Å². The fourth-order valence-electron chi connectivity index (χ4n) is 3.58. The average molecular weight is 385 g/mol. The van der Waals surface area contributed by atoms with Crippen molar-refractivity contribution in [1.82, 2.24) is 0 Å². The van der Waals surface area contributed by atoms with Crippen LogP contribution < -0.4 is 5.30 Å². The zero-order valence-electron chi connectivity index (χ0n) is 17.2. The third kappa shape index (κ3) is 8.48. The first-order valence-corrected chi connectivity index (χ1v) is 12.9. The van der Waals surface area contributed by atoms with Crippen LogP contribution in [-0.2, 0) is 6.42 Å². The van der Waals surface area contributed by atoms with Gasteiger partial charge in [0.2, 0.25) is 0 Å². The Morgan fingerprint density at radius 3 is 1.92 bits per heavy atom. The Morgan fingerprint density at radius 1 is 0.769 bits per heavy atom. The number of hydrogen-bond donors (Lipinski definition) is 3. The molecule has 0 radical (unpaired) electrons. The molecule has 1 aromatic rings. The average Bonchev–Trinajstić information content (AvgIpc) is 2.61. The predicted molar refractivity (Wildman–Crippen MR) is 115 cm³/mol. The second-order valence-electron chi connectivity index (χ2n) is 7.93. The van der Waals surface area contributed by atoms with Crippen molar-refractivity contribution in [2.45, 2.75) is 91.4 Å². The molecule has 0 aliphatic carbocycles. The SMILES string of the molecule is CCCCCCCCc1ccc(P(O)(O)(O)CC(CC)CCCC)cc1. The molecule has 26 heavy (non-hydrogen) atoms. The summed E-state index contributed by atoms with van der Waals surface area (Å²) in [6, 6.07) is 7.32. The van der Waals surface area contributed by atoms with Gasteiger partial charge in [-0.05, 0) is 0 Å². The van der Waals surface area contributed by atoms with E-state index in [9.17, 15) is 14.7 Å². The molecule has 152 valence electrons. The van der Waals surface area contributed by atoms with Crippen LogP contribution in [0.4, 0.5) is 0 Å². The summed E-state index contributed by atoms with van der Waals surface area (Å²) in [6.07, 6.45) is 12.6. The number of aryl methyl sites for hydroxylation is 1. The van der Waals surface area contributed by atoms with Crippen LogP contribution in [0.3, 0.4) is 0 Å². The fraction of sp³-hybridized carbons (Fsp3) is 0.727. The van der Waals surface area contributed by atoms with E-state index in [0.29, 0.717) is 5.30 Å². The minimum atomic E-state index is -4.77. The number of hydrogen-bond acceptors (Lipinski definition) is 3. The number of unbranched alkanes of at least 4 members (excludes halogenated alkanes) is 6. The van der Waals surface area contributed by atoms with E-state index >= 15 is 0 Å². The van der Waals surface area contributed by atoms with Crippen LogP contribution in [-0.4, -0.2) is 20.8 Å². The molecule has 1 unspecified atom stereocenters. The molecule has 1 atom stereocenters. The van der Waals surface area contributed by atoms with Crippen molar-refractivity contribution >= 4 is 12.6 Å². The van der Waals surface area contributed by atoms with Gasteiger partial charge in [0, 0.05) is 0 Å². The second kappa shape index (κ2) is 11.4. The third-order valence-electron chi connectivity index (χ3n) is 5.42. The summed E-state index contributed by atoms with van der Waals surface area (Å²) in [5, 5.41) is 0.303. The first kappa shape index (κ1) is 23.6. The summed E-state index contributed by atoms with van der Waals surface area (Å²) in [4.78, 5) is 32.0. The van der Waals surface area contributed by atoms with E-state index in [4.69, 9.17) is 0 Å². The summed E-state index contributed by atoms with van der Waals surface area (Å²) in [6.45, 7) is 6.41. The molecule has 0 aromatic heterocycles. The fourth-order valence-corrected chi connectivity index (χ4v) is 5.94. The van der Waals surface area contributed by atoms with Crippen LogP contribution in [0.2, 0.25) is 0 Å². The van der Waals surface area contributed by atoms with E-state index in [2.05, 4.69) is 20.8 Å². The quantitative estimate of drug-likeness (QED) is 0.284. The van der Waals surface area contributed by atoms with Crippen LogP contribution in [0.25, 0.3) is 0 Å². The predicted octanol–water partition coefficient (Wildman–Crippen LogP) is 5.71. The Kier molecular flexibility index (Phi) is 10.3. The molecule has 0 saturated carbocycles. The maximum absolute atomic E-state index is 10.7. The Balaban J connectivity index is 2.60. The molecule has 0 bridgehead atoms. The van der Waals surface area contributed by atoms with Gasteiger partial charge >= 0.3 is 161 Å². The molecule has 0 fully saturated rings. The molecule has 0 spiro atoms. The Bertz CT molecular complexity index is 490. The summed E-state index contributed by atoms with van der Waals surface area (Å²) in [7, 11) is -4.77. The monoisotopic (exact) mass is 384 g/mol. The first-order valence-electron chi connectivity index (χ1n) is 10.7. The van der Waals surface area contributed by atoms with E-state index in [1.165, 1.54) is 44.1 Å². The van der Waals surface area contributed by atoms with Gasteiger partial charge in [0.15, 0.2) is 0 Å². The molecule has 0 saturated heterocycles. The van der Waals surface area contributed by atoms with Gasteiger partial charge in [0.25, 0.3) is 0 Å². The molecule has 0 heterocycles. The van der Waals surface area contributed by atoms with Gasteiger partial charge < -0.3 is 0 Å². The van der Waals surface area contributed by atoms with Gasteiger partial charge in [-0.25, -0.2) is 0 Å². The van der Waals surface area contributed by atoms with Crippen molar-refractivity contribution in [3.63, 3.8) is 0 Å². The molecular formula is C22H41O3P. The zero-order chi connectivity index (χ0) is 19.5. The van der Waals surface area contributed by atoms with Crippen LogP contribution in [0, 0.1) is 5.92 Å². The second-order valence-corrected chi connectivity index (χ2v) is 11.1. The standard InChI is InChI=1S/C22H41O3P/c1-4-7-9-10-11-12-14-21-15-17-22(18-16-21)26(23,24,25)19-20(6-3)13-8-5-2/h15-18,20,23-25H,4-14,19H2,1-3H3. The van der Waals surface area contributed by atoms with Crippen molar-refractivity contribution in [3.05, 3.63) is 29.8 Å². The van der Waals surface area contributed by atoms with Crippen LogP contribution in [0.15, 0.2) is 24.3 Å². The van der Waals surface area contributed by atoms with Crippen molar-refractivity contribution in [2.75, 3.05) is 6.16 Å². The molecular weight excluding hydrogens is 343 g/mol. The Labute approximate surface area is 161 Å². The minimum absolute atomic E-state index is 0.0822. The Hall–Kier alpha value is -0.470. The van der Waals surface area contributed by atoms with E-state index in [1.807, 2.05) is 12.1 Å². The molecule has 0 amide bonds. The van der Waals surface area contributed by atoms with Gasteiger partial charge in [-0.1, -0.05) is 0 Å². The molecule has 4 heteroatoms. The molecule has 3 nitrogen and oxygen atoms in total. The molecule has 3 N–H and O–H groups in total. The summed E-state index contributed by atoms with van der Waals surface area (Å²) in [5.74, 6) is 0.149. The molecule has 0 aliphatic rings. The van der Waals surface area contributed by atoms with Gasteiger partial charge in [0.1, 0.15) is 0 Å². The topological polar surface area (TPSA) is 60.7 Å². The van der Waals surface area contributed by atoms with Gasteiger partial charge in [0.05, 0.1) is 0 Å². The van der Waals surface area contributed by atoms with Crippen LogP contribution in [0.1, 0.15) is 90.5 Å². The first-order chi connectivity index (χ1) is 12.3. The summed E-state index contributed by atoms with van der Waals surface area (Å²) < 4.78 is 0. The maximum atomic E-state index is 10.7. The molecule has 1 aromatic carbocycles. The van der Waals surface area contributed by atoms with Crippen molar-refractivity contribution in [3.8, 4) is 0 Å². The third-order valence-corrected chi connectivity index (χ3v) is 7.97. The van der Waals surface area contributed by atoms with E-state index < -0.39 is 7.28 Å². The van der Waals surface area contributed by atoms with Gasteiger partial charge in [-0.2, -0.15) is 0 Å². The van der Waals surface area contributed by atoms with E-state index in [1.54, 1.807) is 12.1 Å². The van der Waals surface area contributed by atoms with Gasteiger partial charge in [-0.15, -0.1) is 0 Å². The molecule has 1 rings (SSSR count). The Morgan fingerprint density at radius 2 is 1.35 bits per heavy atom. The van der Waals surface area contributed by atoms with Crippen molar-refractivity contribution < 1.29 is 14.7 Å². The summed E-state index contributed by atoms with van der Waals surface area (Å²) in [5.41, 5.74) is 1.20. The van der Waals surface area contributed by atoms with Crippen LogP contribution >= 0.6 is 7.28 Å². The van der Waals surface area contributed by atoms with E-state index in [0.717, 1.165) is 32.1 Å². The normalized spacial score (nSPS) is 14.8. The van der Waals surface area contributed by atoms with Crippen molar-refractivity contribution in [2.24, 2.45) is 5.92 Å². The van der Waals surface area contributed by atoms with Crippen LogP contribution in [0.5, 0.6) is 0 Å². The molecule has 0 aliphatic heterocycles. The van der Waals surface area contributed by atoms with Crippen molar-refractivity contribution in [1.29, 1.82) is 0 Å². The number of rotatable bonds is 14. The zero-order valence-corrected chi connectivity index (χ0v) is 18.1. The van der Waals surface area contributed by atoms with Gasteiger partial charge in [-0.3, -0.25) is 0 Å².